The van der Waals surface area contributed by atoms with Crippen molar-refractivity contribution in [2.75, 3.05) is 11.9 Å². The van der Waals surface area contributed by atoms with Crippen LogP contribution >= 0.6 is 0 Å². The number of hydrogen-bond acceptors (Lipinski definition) is 2. The fraction of sp³-hybridized carbons (Fsp3) is 0.0500. The smallest absolute Gasteiger partial charge is 0.258 e. The van der Waals surface area contributed by atoms with E-state index in [4.69, 9.17) is 4.74 Å². The Labute approximate surface area is 135 Å². The maximum absolute atomic E-state index is 12.5. The third-order valence-electron chi connectivity index (χ3n) is 3.53. The second-order valence-corrected chi connectivity index (χ2v) is 5.14. The molecule has 3 rings (SSSR count). The van der Waals surface area contributed by atoms with E-state index in [0.29, 0.717) is 11.3 Å². The molecule has 3 aromatic rings. The van der Waals surface area contributed by atoms with Crippen LogP contribution in [-0.4, -0.2) is 13.0 Å². The maximum Gasteiger partial charge on any atom is 0.258 e. The standard InChI is InChI=1S/C20H17NO2/c1-21(17-8-4-2-5-9-17)20(22)16-12-14-19(15-13-16)23-18-10-6-3-7-11-18/h2-15H,1H3. The molecule has 0 bridgehead atoms. The van der Waals surface area contributed by atoms with E-state index in [9.17, 15) is 4.79 Å². The SMILES string of the molecule is CN(C(=O)c1ccc(Oc2ccccc2)cc1)c1ccccc1. The Morgan fingerprint density at radius 1 is 0.739 bits per heavy atom. The van der Waals surface area contributed by atoms with Crippen molar-refractivity contribution in [3.63, 3.8) is 0 Å². The fourth-order valence-electron chi connectivity index (χ4n) is 2.25. The highest BCUT2D eigenvalue weighted by Crippen LogP contribution is 2.22. The summed E-state index contributed by atoms with van der Waals surface area (Å²) in [6.45, 7) is 0. The minimum Gasteiger partial charge on any atom is -0.457 e. The Bertz CT molecular complexity index is 768. The zero-order valence-electron chi connectivity index (χ0n) is 12.8. The van der Waals surface area contributed by atoms with Crippen molar-refractivity contribution in [1.29, 1.82) is 0 Å². The van der Waals surface area contributed by atoms with Gasteiger partial charge in [-0.3, -0.25) is 4.79 Å². The summed E-state index contributed by atoms with van der Waals surface area (Å²) in [7, 11) is 1.77. The van der Waals surface area contributed by atoms with Crippen LogP contribution in [0.2, 0.25) is 0 Å². The van der Waals surface area contributed by atoms with Crippen LogP contribution in [-0.2, 0) is 0 Å². The van der Waals surface area contributed by atoms with Gasteiger partial charge in [-0.15, -0.1) is 0 Å². The Balaban J connectivity index is 1.73. The van der Waals surface area contributed by atoms with Gasteiger partial charge in [-0.05, 0) is 48.5 Å². The predicted octanol–water partition coefficient (Wildman–Crippen LogP) is 4.76. The molecule has 0 fully saturated rings. The van der Waals surface area contributed by atoms with Gasteiger partial charge in [0, 0.05) is 18.3 Å². The quantitative estimate of drug-likeness (QED) is 0.695. The predicted molar refractivity (Wildman–Crippen MR) is 92.1 cm³/mol. The highest BCUT2D eigenvalue weighted by Gasteiger charge is 2.13. The molecule has 3 heteroatoms. The van der Waals surface area contributed by atoms with Gasteiger partial charge in [-0.2, -0.15) is 0 Å². The number of rotatable bonds is 4. The lowest BCUT2D eigenvalue weighted by molar-refractivity contribution is 0.0993. The lowest BCUT2D eigenvalue weighted by Gasteiger charge is -2.17. The average molecular weight is 303 g/mol. The van der Waals surface area contributed by atoms with Gasteiger partial charge < -0.3 is 9.64 Å². The number of hydrogen-bond donors (Lipinski definition) is 0. The van der Waals surface area contributed by atoms with Crippen LogP contribution in [0.5, 0.6) is 11.5 Å². The van der Waals surface area contributed by atoms with Gasteiger partial charge in [0.2, 0.25) is 0 Å². The molecule has 3 aromatic carbocycles. The number of ether oxygens (including phenoxy) is 1. The first kappa shape index (κ1) is 14.9. The molecule has 0 spiro atoms. The Morgan fingerprint density at radius 3 is 1.87 bits per heavy atom. The number of amides is 1. The molecule has 0 aromatic heterocycles. The molecule has 0 aliphatic rings. The van der Waals surface area contributed by atoms with Crippen molar-refractivity contribution >= 4 is 11.6 Å². The van der Waals surface area contributed by atoms with E-state index in [0.717, 1.165) is 11.4 Å². The van der Waals surface area contributed by atoms with Crippen LogP contribution in [0.25, 0.3) is 0 Å². The van der Waals surface area contributed by atoms with Gasteiger partial charge >= 0.3 is 0 Å². The summed E-state index contributed by atoms with van der Waals surface area (Å²) >= 11 is 0. The number of anilines is 1. The second kappa shape index (κ2) is 6.79. The van der Waals surface area contributed by atoms with E-state index in [2.05, 4.69) is 0 Å². The summed E-state index contributed by atoms with van der Waals surface area (Å²) in [5, 5.41) is 0. The van der Waals surface area contributed by atoms with E-state index in [-0.39, 0.29) is 5.91 Å². The van der Waals surface area contributed by atoms with E-state index in [1.54, 1.807) is 36.2 Å². The van der Waals surface area contributed by atoms with Crippen LogP contribution in [0.15, 0.2) is 84.9 Å². The number of para-hydroxylation sites is 2. The van der Waals surface area contributed by atoms with Crippen molar-refractivity contribution in [2.24, 2.45) is 0 Å². The van der Waals surface area contributed by atoms with Crippen LogP contribution in [0.3, 0.4) is 0 Å². The first-order chi connectivity index (χ1) is 11.2. The molecule has 0 N–H and O–H groups in total. The summed E-state index contributed by atoms with van der Waals surface area (Å²) in [6, 6.07) is 26.3. The molecule has 0 radical (unpaired) electrons. The fourth-order valence-corrected chi connectivity index (χ4v) is 2.25. The summed E-state index contributed by atoms with van der Waals surface area (Å²) in [5.41, 5.74) is 1.49. The maximum atomic E-state index is 12.5. The van der Waals surface area contributed by atoms with E-state index in [1.165, 1.54) is 0 Å². The molecule has 0 heterocycles. The molecule has 0 saturated carbocycles. The third-order valence-corrected chi connectivity index (χ3v) is 3.53. The van der Waals surface area contributed by atoms with Gasteiger partial charge in [0.1, 0.15) is 11.5 Å². The van der Waals surface area contributed by atoms with Crippen LogP contribution in [0.1, 0.15) is 10.4 Å². The van der Waals surface area contributed by atoms with Crippen molar-refractivity contribution in [2.45, 2.75) is 0 Å². The van der Waals surface area contributed by atoms with Gasteiger partial charge in [0.05, 0.1) is 0 Å². The lowest BCUT2D eigenvalue weighted by Crippen LogP contribution is -2.25. The molecule has 0 unspecified atom stereocenters. The number of carbonyl (C=O) groups is 1. The number of carbonyl (C=O) groups excluding carboxylic acids is 1. The Kier molecular flexibility index (Phi) is 4.39. The molecule has 23 heavy (non-hydrogen) atoms. The summed E-state index contributed by atoms with van der Waals surface area (Å²) in [5.74, 6) is 1.42. The topological polar surface area (TPSA) is 29.5 Å². The monoisotopic (exact) mass is 303 g/mol. The van der Waals surface area contributed by atoms with Crippen molar-refractivity contribution < 1.29 is 9.53 Å². The van der Waals surface area contributed by atoms with E-state index >= 15 is 0 Å². The third kappa shape index (κ3) is 3.58. The molecular formula is C20H17NO2. The van der Waals surface area contributed by atoms with Crippen molar-refractivity contribution in [1.82, 2.24) is 0 Å². The molecule has 0 aliphatic carbocycles. The highest BCUT2D eigenvalue weighted by molar-refractivity contribution is 6.05. The molecule has 1 amide bonds. The minimum absolute atomic E-state index is 0.0533. The largest absolute Gasteiger partial charge is 0.457 e. The van der Waals surface area contributed by atoms with E-state index in [1.807, 2.05) is 60.7 Å². The minimum atomic E-state index is -0.0533. The van der Waals surface area contributed by atoms with Gasteiger partial charge in [0.15, 0.2) is 0 Å². The molecule has 0 saturated heterocycles. The first-order valence-electron chi connectivity index (χ1n) is 7.40. The second-order valence-electron chi connectivity index (χ2n) is 5.14. The van der Waals surface area contributed by atoms with Gasteiger partial charge in [-0.1, -0.05) is 36.4 Å². The summed E-state index contributed by atoms with van der Waals surface area (Å²) in [6.07, 6.45) is 0. The first-order valence-corrected chi connectivity index (χ1v) is 7.40. The van der Waals surface area contributed by atoms with Crippen LogP contribution in [0, 0.1) is 0 Å². The molecule has 3 nitrogen and oxygen atoms in total. The lowest BCUT2D eigenvalue weighted by atomic mass is 10.2. The molecule has 0 aliphatic heterocycles. The Morgan fingerprint density at radius 2 is 1.26 bits per heavy atom. The van der Waals surface area contributed by atoms with E-state index < -0.39 is 0 Å². The van der Waals surface area contributed by atoms with Gasteiger partial charge in [-0.25, -0.2) is 0 Å². The summed E-state index contributed by atoms with van der Waals surface area (Å²) in [4.78, 5) is 14.1. The number of benzene rings is 3. The summed E-state index contributed by atoms with van der Waals surface area (Å²) < 4.78 is 5.73. The molecule has 0 atom stereocenters. The highest BCUT2D eigenvalue weighted by atomic mass is 16.5. The van der Waals surface area contributed by atoms with Gasteiger partial charge in [0.25, 0.3) is 5.91 Å². The Hall–Kier alpha value is -3.07. The van der Waals surface area contributed by atoms with Crippen molar-refractivity contribution in [3.8, 4) is 11.5 Å². The normalized spacial score (nSPS) is 10.1. The van der Waals surface area contributed by atoms with Crippen molar-refractivity contribution in [3.05, 3.63) is 90.5 Å². The number of nitrogens with zero attached hydrogens (tertiary/aromatic N) is 1. The molecule has 114 valence electrons. The van der Waals surface area contributed by atoms with Crippen LogP contribution in [0.4, 0.5) is 5.69 Å². The molecular weight excluding hydrogens is 286 g/mol. The average Bonchev–Trinajstić information content (AvgIpc) is 2.63. The van der Waals surface area contributed by atoms with Crippen LogP contribution < -0.4 is 9.64 Å². The zero-order chi connectivity index (χ0) is 16.1. The zero-order valence-corrected chi connectivity index (χ0v) is 12.8.